The van der Waals surface area contributed by atoms with Gasteiger partial charge in [-0.15, -0.1) is 0 Å². The summed E-state index contributed by atoms with van der Waals surface area (Å²) in [5, 5.41) is 3.60. The van der Waals surface area contributed by atoms with Crippen molar-refractivity contribution in [2.45, 2.75) is 52.1 Å². The molecule has 29 heavy (non-hydrogen) atoms. The van der Waals surface area contributed by atoms with Crippen LogP contribution in [0.3, 0.4) is 0 Å². The summed E-state index contributed by atoms with van der Waals surface area (Å²) >= 11 is 0. The summed E-state index contributed by atoms with van der Waals surface area (Å²) in [7, 11) is 1.85. The van der Waals surface area contributed by atoms with Gasteiger partial charge in [-0.2, -0.15) is 0 Å². The fourth-order valence-electron chi connectivity index (χ4n) is 4.49. The second-order valence-electron chi connectivity index (χ2n) is 7.99. The van der Waals surface area contributed by atoms with Gasteiger partial charge in [0.15, 0.2) is 5.96 Å². The molecule has 2 aliphatic heterocycles. The minimum atomic E-state index is -0.0495. The Bertz CT molecular complexity index is 698. The normalized spacial score (nSPS) is 19.6. The molecule has 0 saturated carbocycles. The van der Waals surface area contributed by atoms with E-state index in [1.165, 1.54) is 11.1 Å². The fraction of sp³-hybridized carbons (Fsp3) is 0.652. The third-order valence-electron chi connectivity index (χ3n) is 6.27. The number of piperidine rings is 1. The molecule has 1 unspecified atom stereocenters. The molecule has 1 saturated heterocycles. The Morgan fingerprint density at radius 1 is 1.21 bits per heavy atom. The standard InChI is InChI=1S/C23H36N4O2/c1-4-21(27-15-10-18-8-6-7-9-20(18)17-27)16-25-23(24-3)26-13-11-19(12-14-26)22(28)29-5-2/h6-9,19,21H,4-5,10-17H2,1-3H3,(H,24,25). The Labute approximate surface area is 175 Å². The molecule has 1 aromatic rings. The molecule has 0 radical (unpaired) electrons. The van der Waals surface area contributed by atoms with Crippen molar-refractivity contribution in [2.24, 2.45) is 10.9 Å². The highest BCUT2D eigenvalue weighted by Gasteiger charge is 2.28. The number of carbonyl (C=O) groups excluding carboxylic acids is 1. The van der Waals surface area contributed by atoms with Crippen LogP contribution in [0.15, 0.2) is 29.3 Å². The average molecular weight is 401 g/mol. The number of fused-ring (bicyclic) bond motifs is 1. The maximum absolute atomic E-state index is 12.0. The molecule has 0 spiro atoms. The van der Waals surface area contributed by atoms with Crippen LogP contribution in [0.5, 0.6) is 0 Å². The van der Waals surface area contributed by atoms with Gasteiger partial charge in [-0.25, -0.2) is 0 Å². The number of nitrogens with zero attached hydrogens (tertiary/aromatic N) is 3. The quantitative estimate of drug-likeness (QED) is 0.452. The molecule has 1 aromatic carbocycles. The maximum atomic E-state index is 12.0. The smallest absolute Gasteiger partial charge is 0.309 e. The number of esters is 1. The number of guanidine groups is 1. The molecular weight excluding hydrogens is 364 g/mol. The van der Waals surface area contributed by atoms with Gasteiger partial charge in [-0.05, 0) is 43.7 Å². The molecular formula is C23H36N4O2. The molecule has 1 atom stereocenters. The van der Waals surface area contributed by atoms with E-state index in [-0.39, 0.29) is 11.9 Å². The molecule has 160 valence electrons. The number of ether oxygens (including phenoxy) is 1. The van der Waals surface area contributed by atoms with E-state index in [0.717, 1.165) is 64.4 Å². The number of hydrogen-bond donors (Lipinski definition) is 1. The van der Waals surface area contributed by atoms with Crippen LogP contribution < -0.4 is 5.32 Å². The summed E-state index contributed by atoms with van der Waals surface area (Å²) in [4.78, 5) is 21.3. The van der Waals surface area contributed by atoms with Gasteiger partial charge in [-0.3, -0.25) is 14.7 Å². The van der Waals surface area contributed by atoms with E-state index in [1.54, 1.807) is 0 Å². The van der Waals surface area contributed by atoms with E-state index in [2.05, 4.69) is 51.3 Å². The Morgan fingerprint density at radius 3 is 2.59 bits per heavy atom. The van der Waals surface area contributed by atoms with Crippen molar-refractivity contribution in [1.82, 2.24) is 15.1 Å². The number of aliphatic imine (C=N–C) groups is 1. The lowest BCUT2D eigenvalue weighted by atomic mass is 9.97. The van der Waals surface area contributed by atoms with Crippen LogP contribution in [0.2, 0.25) is 0 Å². The number of hydrogen-bond acceptors (Lipinski definition) is 4. The molecule has 1 fully saturated rings. The third-order valence-corrected chi connectivity index (χ3v) is 6.27. The molecule has 0 amide bonds. The highest BCUT2D eigenvalue weighted by atomic mass is 16.5. The first-order chi connectivity index (χ1) is 14.2. The molecule has 2 aliphatic rings. The number of carbonyl (C=O) groups is 1. The molecule has 6 heteroatoms. The van der Waals surface area contributed by atoms with E-state index in [4.69, 9.17) is 4.74 Å². The lowest BCUT2D eigenvalue weighted by Crippen LogP contribution is -2.51. The first-order valence-electron chi connectivity index (χ1n) is 11.1. The number of likely N-dealkylation sites (tertiary alicyclic amines) is 1. The summed E-state index contributed by atoms with van der Waals surface area (Å²) in [5.74, 6) is 0.927. The minimum Gasteiger partial charge on any atom is -0.466 e. The van der Waals surface area contributed by atoms with Crippen molar-refractivity contribution in [2.75, 3.05) is 39.8 Å². The van der Waals surface area contributed by atoms with Crippen LogP contribution in [0.1, 0.15) is 44.2 Å². The zero-order valence-corrected chi connectivity index (χ0v) is 18.2. The summed E-state index contributed by atoms with van der Waals surface area (Å²) < 4.78 is 5.18. The van der Waals surface area contributed by atoms with Crippen LogP contribution in [0.4, 0.5) is 0 Å². The van der Waals surface area contributed by atoms with Gasteiger partial charge in [0, 0.05) is 45.8 Å². The first-order valence-corrected chi connectivity index (χ1v) is 11.1. The van der Waals surface area contributed by atoms with Crippen LogP contribution in [-0.4, -0.2) is 67.6 Å². The predicted octanol–water partition coefficient (Wildman–Crippen LogP) is 2.67. The van der Waals surface area contributed by atoms with Crippen molar-refractivity contribution < 1.29 is 9.53 Å². The predicted molar refractivity (Wildman–Crippen MR) is 117 cm³/mol. The summed E-state index contributed by atoms with van der Waals surface area (Å²) in [6, 6.07) is 9.28. The molecule has 2 heterocycles. The maximum Gasteiger partial charge on any atom is 0.309 e. The summed E-state index contributed by atoms with van der Waals surface area (Å²) in [5.41, 5.74) is 2.95. The van der Waals surface area contributed by atoms with E-state index in [9.17, 15) is 4.79 Å². The fourth-order valence-corrected chi connectivity index (χ4v) is 4.49. The Hall–Kier alpha value is -2.08. The van der Waals surface area contributed by atoms with Crippen molar-refractivity contribution in [3.05, 3.63) is 35.4 Å². The topological polar surface area (TPSA) is 57.2 Å². The van der Waals surface area contributed by atoms with Crippen molar-refractivity contribution in [1.29, 1.82) is 0 Å². The molecule has 0 bridgehead atoms. The summed E-state index contributed by atoms with van der Waals surface area (Å²) in [6.45, 7) is 9.31. The largest absolute Gasteiger partial charge is 0.466 e. The number of rotatable bonds is 6. The lowest BCUT2D eigenvalue weighted by molar-refractivity contribution is -0.149. The van der Waals surface area contributed by atoms with Crippen LogP contribution in [0, 0.1) is 5.92 Å². The highest BCUT2D eigenvalue weighted by molar-refractivity contribution is 5.80. The van der Waals surface area contributed by atoms with Crippen molar-refractivity contribution in [3.8, 4) is 0 Å². The van der Waals surface area contributed by atoms with Crippen LogP contribution in [-0.2, 0) is 22.5 Å². The van der Waals surface area contributed by atoms with E-state index in [0.29, 0.717) is 12.6 Å². The first kappa shape index (κ1) is 21.6. The third kappa shape index (κ3) is 5.50. The average Bonchev–Trinajstić information content (AvgIpc) is 2.77. The minimum absolute atomic E-state index is 0.0288. The molecule has 1 N–H and O–H groups in total. The number of nitrogens with one attached hydrogen (secondary N) is 1. The highest BCUT2D eigenvalue weighted by Crippen LogP contribution is 2.22. The van der Waals surface area contributed by atoms with Gasteiger partial charge >= 0.3 is 5.97 Å². The monoisotopic (exact) mass is 400 g/mol. The van der Waals surface area contributed by atoms with Gasteiger partial charge in [0.05, 0.1) is 12.5 Å². The van der Waals surface area contributed by atoms with Crippen LogP contribution in [0.25, 0.3) is 0 Å². The molecule has 0 aliphatic carbocycles. The van der Waals surface area contributed by atoms with Crippen molar-refractivity contribution >= 4 is 11.9 Å². The molecule has 3 rings (SSSR count). The van der Waals surface area contributed by atoms with Crippen LogP contribution >= 0.6 is 0 Å². The molecule has 0 aromatic heterocycles. The number of benzene rings is 1. The Balaban J connectivity index is 1.50. The Kier molecular flexibility index (Phi) is 7.92. The second-order valence-corrected chi connectivity index (χ2v) is 7.99. The van der Waals surface area contributed by atoms with Crippen molar-refractivity contribution in [3.63, 3.8) is 0 Å². The second kappa shape index (κ2) is 10.6. The Morgan fingerprint density at radius 2 is 1.93 bits per heavy atom. The van der Waals surface area contributed by atoms with Gasteiger partial charge in [0.25, 0.3) is 0 Å². The zero-order chi connectivity index (χ0) is 20.6. The SMILES string of the molecule is CCOC(=O)C1CCN(C(=NC)NCC(CC)N2CCc3ccccc3C2)CC1. The molecule has 6 nitrogen and oxygen atoms in total. The zero-order valence-electron chi connectivity index (χ0n) is 18.2. The van der Waals surface area contributed by atoms with Gasteiger partial charge in [-0.1, -0.05) is 31.2 Å². The van der Waals surface area contributed by atoms with Gasteiger partial charge < -0.3 is 15.0 Å². The lowest BCUT2D eigenvalue weighted by Gasteiger charge is -2.37. The van der Waals surface area contributed by atoms with E-state index < -0.39 is 0 Å². The summed E-state index contributed by atoms with van der Waals surface area (Å²) in [6.07, 6.45) is 3.90. The van der Waals surface area contributed by atoms with Gasteiger partial charge in [0.1, 0.15) is 0 Å². The van der Waals surface area contributed by atoms with E-state index in [1.807, 2.05) is 14.0 Å². The van der Waals surface area contributed by atoms with E-state index >= 15 is 0 Å². The van der Waals surface area contributed by atoms with Gasteiger partial charge in [0.2, 0.25) is 0 Å².